The maximum Gasteiger partial charge on any atom is 0.243 e. The van der Waals surface area contributed by atoms with Gasteiger partial charge in [0, 0.05) is 41.8 Å². The van der Waals surface area contributed by atoms with E-state index in [4.69, 9.17) is 5.26 Å². The molecule has 3 atom stereocenters. The molecule has 2 aromatic rings. The second-order valence-corrected chi connectivity index (χ2v) is 9.33. The first-order valence-corrected chi connectivity index (χ1v) is 11.7. The van der Waals surface area contributed by atoms with Gasteiger partial charge < -0.3 is 20.9 Å². The van der Waals surface area contributed by atoms with Crippen LogP contribution >= 0.6 is 11.5 Å². The van der Waals surface area contributed by atoms with Crippen LogP contribution in [0.4, 0.5) is 11.5 Å². The fraction of sp³-hybridized carbons (Fsp3) is 0.522. The van der Waals surface area contributed by atoms with Gasteiger partial charge in [-0.1, -0.05) is 26.0 Å². The van der Waals surface area contributed by atoms with Crippen molar-refractivity contribution in [3.05, 3.63) is 29.6 Å². The van der Waals surface area contributed by atoms with Crippen molar-refractivity contribution >= 4 is 28.9 Å². The summed E-state index contributed by atoms with van der Waals surface area (Å²) in [4.78, 5) is 14.9. The smallest absolute Gasteiger partial charge is 0.243 e. The summed E-state index contributed by atoms with van der Waals surface area (Å²) < 4.78 is 4.50. The standard InChI is InChI=1S/C23H32N6OS/c1-15(2)11-21(23(30)25-10-9-24)27-22-20(14-31-28-22)18-5-7-19(8-6-18)29-12-16(3)26-17(4)13-29/h5-8,14-17,21,26H,10-13H2,1-4H3,(H,25,30)(H,27,28)/t16?,17?,21-/m0/s1. The van der Waals surface area contributed by atoms with Crippen LogP contribution in [0.2, 0.25) is 0 Å². The van der Waals surface area contributed by atoms with E-state index in [9.17, 15) is 4.79 Å². The van der Waals surface area contributed by atoms with Gasteiger partial charge in [0.25, 0.3) is 0 Å². The quantitative estimate of drug-likeness (QED) is 0.545. The number of nitrogens with one attached hydrogen (secondary N) is 3. The van der Waals surface area contributed by atoms with Crippen LogP contribution in [0.5, 0.6) is 0 Å². The third-order valence-corrected chi connectivity index (χ3v) is 5.98. The number of benzene rings is 1. The van der Waals surface area contributed by atoms with E-state index in [-0.39, 0.29) is 12.5 Å². The predicted molar refractivity (Wildman–Crippen MR) is 127 cm³/mol. The molecule has 3 rings (SSSR count). The first-order chi connectivity index (χ1) is 14.9. The summed E-state index contributed by atoms with van der Waals surface area (Å²) in [6.07, 6.45) is 0.659. The Kier molecular flexibility index (Phi) is 7.88. The molecule has 8 heteroatoms. The summed E-state index contributed by atoms with van der Waals surface area (Å²) in [6.45, 7) is 10.6. The number of amides is 1. The summed E-state index contributed by atoms with van der Waals surface area (Å²) in [6, 6.07) is 11.0. The minimum Gasteiger partial charge on any atom is -0.368 e. The molecule has 1 amide bonds. The number of hydrogen-bond acceptors (Lipinski definition) is 7. The van der Waals surface area contributed by atoms with Crippen LogP contribution in [0, 0.1) is 17.2 Å². The Labute approximate surface area is 189 Å². The van der Waals surface area contributed by atoms with E-state index in [0.29, 0.717) is 30.2 Å². The molecule has 0 bridgehead atoms. The number of aromatic nitrogens is 1. The predicted octanol–water partition coefficient (Wildman–Crippen LogP) is 3.46. The molecule has 166 valence electrons. The lowest BCUT2D eigenvalue weighted by molar-refractivity contribution is -0.121. The van der Waals surface area contributed by atoms with E-state index >= 15 is 0 Å². The van der Waals surface area contributed by atoms with Crippen molar-refractivity contribution in [2.75, 3.05) is 29.9 Å². The van der Waals surface area contributed by atoms with Crippen molar-refractivity contribution in [1.82, 2.24) is 15.0 Å². The van der Waals surface area contributed by atoms with Crippen LogP contribution in [0.1, 0.15) is 34.1 Å². The van der Waals surface area contributed by atoms with Crippen LogP contribution in [0.15, 0.2) is 29.6 Å². The van der Waals surface area contributed by atoms with Gasteiger partial charge in [-0.05, 0) is 55.4 Å². The normalized spacial score (nSPS) is 19.7. The number of hydrogen-bond donors (Lipinski definition) is 3. The maximum atomic E-state index is 12.5. The monoisotopic (exact) mass is 440 g/mol. The minimum absolute atomic E-state index is 0.00372. The van der Waals surface area contributed by atoms with Gasteiger partial charge in [0.2, 0.25) is 5.91 Å². The maximum absolute atomic E-state index is 12.5. The number of piperazine rings is 1. The molecule has 1 aromatic heterocycles. The number of rotatable bonds is 8. The largest absolute Gasteiger partial charge is 0.368 e. The zero-order valence-corrected chi connectivity index (χ0v) is 19.5. The van der Waals surface area contributed by atoms with Gasteiger partial charge in [-0.3, -0.25) is 4.79 Å². The molecule has 1 aromatic carbocycles. The van der Waals surface area contributed by atoms with Gasteiger partial charge in [0.15, 0.2) is 0 Å². The van der Waals surface area contributed by atoms with Crippen LogP contribution in [-0.4, -0.2) is 48.0 Å². The molecule has 31 heavy (non-hydrogen) atoms. The van der Waals surface area contributed by atoms with Crippen LogP contribution < -0.4 is 20.9 Å². The Morgan fingerprint density at radius 1 is 1.29 bits per heavy atom. The van der Waals surface area contributed by atoms with E-state index in [2.05, 4.69) is 77.2 Å². The molecule has 7 nitrogen and oxygen atoms in total. The molecule has 0 saturated carbocycles. The Balaban J connectivity index is 1.75. The van der Waals surface area contributed by atoms with Gasteiger partial charge in [-0.2, -0.15) is 9.64 Å². The first kappa shape index (κ1) is 23.0. The van der Waals surface area contributed by atoms with Crippen molar-refractivity contribution < 1.29 is 4.79 Å². The fourth-order valence-electron chi connectivity index (χ4n) is 4.05. The van der Waals surface area contributed by atoms with Crippen LogP contribution in [0.3, 0.4) is 0 Å². The average Bonchev–Trinajstić information content (AvgIpc) is 3.18. The molecule has 1 aliphatic heterocycles. The molecule has 0 aliphatic carbocycles. The minimum atomic E-state index is -0.433. The Morgan fingerprint density at radius 3 is 2.58 bits per heavy atom. The van der Waals surface area contributed by atoms with Gasteiger partial charge >= 0.3 is 0 Å². The summed E-state index contributed by atoms with van der Waals surface area (Å²) in [7, 11) is 0. The summed E-state index contributed by atoms with van der Waals surface area (Å²) in [5.74, 6) is 0.863. The van der Waals surface area contributed by atoms with Crippen molar-refractivity contribution in [3.63, 3.8) is 0 Å². The van der Waals surface area contributed by atoms with Gasteiger partial charge in [-0.15, -0.1) is 0 Å². The molecule has 3 N–H and O–H groups in total. The molecule has 2 unspecified atom stereocenters. The van der Waals surface area contributed by atoms with E-state index in [0.717, 1.165) is 24.2 Å². The highest BCUT2D eigenvalue weighted by Crippen LogP contribution is 2.32. The first-order valence-electron chi connectivity index (χ1n) is 10.8. The summed E-state index contributed by atoms with van der Waals surface area (Å²) in [5.41, 5.74) is 3.27. The van der Waals surface area contributed by atoms with E-state index in [1.807, 2.05) is 11.4 Å². The lowest BCUT2D eigenvalue weighted by Gasteiger charge is -2.37. The Bertz CT molecular complexity index is 894. The van der Waals surface area contributed by atoms with E-state index in [1.165, 1.54) is 17.2 Å². The van der Waals surface area contributed by atoms with E-state index < -0.39 is 6.04 Å². The van der Waals surface area contributed by atoms with Crippen molar-refractivity contribution in [2.45, 2.75) is 52.2 Å². The third-order valence-electron chi connectivity index (χ3n) is 5.35. The molecule has 1 aliphatic rings. The lowest BCUT2D eigenvalue weighted by atomic mass is 10.0. The fourth-order valence-corrected chi connectivity index (χ4v) is 4.72. The second-order valence-electron chi connectivity index (χ2n) is 8.70. The van der Waals surface area contributed by atoms with Crippen LogP contribution in [-0.2, 0) is 4.79 Å². The van der Waals surface area contributed by atoms with Crippen LogP contribution in [0.25, 0.3) is 11.1 Å². The highest BCUT2D eigenvalue weighted by Gasteiger charge is 2.23. The molecule has 0 spiro atoms. The number of carbonyl (C=O) groups is 1. The van der Waals surface area contributed by atoms with Gasteiger partial charge in [0.05, 0.1) is 6.07 Å². The highest BCUT2D eigenvalue weighted by molar-refractivity contribution is 7.04. The highest BCUT2D eigenvalue weighted by atomic mass is 32.1. The van der Waals surface area contributed by atoms with Gasteiger partial charge in [-0.25, -0.2) is 0 Å². The second kappa shape index (κ2) is 10.6. The molecule has 1 saturated heterocycles. The number of nitrogens with zero attached hydrogens (tertiary/aromatic N) is 3. The zero-order valence-electron chi connectivity index (χ0n) is 18.7. The SMILES string of the molecule is CC(C)C[C@H](Nc1nscc1-c1ccc(N2CC(C)NC(C)C2)cc1)C(=O)NCC#N. The Morgan fingerprint density at radius 2 is 1.97 bits per heavy atom. The Hall–Kier alpha value is -2.63. The molecule has 1 fully saturated rings. The lowest BCUT2D eigenvalue weighted by Crippen LogP contribution is -2.54. The van der Waals surface area contributed by atoms with Crippen molar-refractivity contribution in [3.8, 4) is 17.2 Å². The van der Waals surface area contributed by atoms with Crippen molar-refractivity contribution in [1.29, 1.82) is 5.26 Å². The third kappa shape index (κ3) is 6.18. The topological polar surface area (TPSA) is 93.1 Å². The number of anilines is 2. The van der Waals surface area contributed by atoms with Crippen molar-refractivity contribution in [2.24, 2.45) is 5.92 Å². The van der Waals surface area contributed by atoms with E-state index in [1.54, 1.807) is 0 Å². The summed E-state index contributed by atoms with van der Waals surface area (Å²) in [5, 5.41) is 20.3. The number of carbonyl (C=O) groups excluding carboxylic acids is 1. The molecule has 0 radical (unpaired) electrons. The van der Waals surface area contributed by atoms with Gasteiger partial charge in [0.1, 0.15) is 18.4 Å². The molecule has 2 heterocycles. The summed E-state index contributed by atoms with van der Waals surface area (Å²) >= 11 is 1.37. The molecular weight excluding hydrogens is 408 g/mol. The zero-order chi connectivity index (χ0) is 22.4. The number of nitriles is 1. The molecular formula is C23H32N6OS. The average molecular weight is 441 g/mol.